The van der Waals surface area contributed by atoms with Crippen LogP contribution in [0.4, 0.5) is 0 Å². The number of hydrogen-bond acceptors (Lipinski definition) is 10. The summed E-state index contributed by atoms with van der Waals surface area (Å²) in [5, 5.41) is 4.71. The zero-order valence-corrected chi connectivity index (χ0v) is 23.9. The van der Waals surface area contributed by atoms with Crippen LogP contribution in [0.2, 0.25) is 0 Å². The third-order valence-electron chi connectivity index (χ3n) is 5.82. The van der Waals surface area contributed by atoms with Gasteiger partial charge in [-0.05, 0) is 71.6 Å². The number of hydrogen-bond donors (Lipinski definition) is 2. The molecule has 4 amide bonds. The predicted molar refractivity (Wildman–Crippen MR) is 145 cm³/mol. The fraction of sp³-hybridized carbons (Fsp3) is 0.409. The predicted octanol–water partition coefficient (Wildman–Crippen LogP) is 0.304. The first-order valence-electron chi connectivity index (χ1n) is 10.8. The Balaban J connectivity index is 2.15. The molecule has 37 heavy (non-hydrogen) atoms. The van der Waals surface area contributed by atoms with E-state index in [9.17, 15) is 24.0 Å². The molecule has 2 fully saturated rings. The standard InChI is InChI=1S/C22H23IN4O8S2/c1-5-34-12(28)8-35-16-10(23)6-9(7-11(16)33-4)13(14-17(29)24-21(36)26(2)19(14)31)15-18(30)25-22(37)27(3)20(15)32/h6-7,13-15H,5,8H2,1-4H3,(H,24,29,36)(H,25,30,37). The Morgan fingerprint density at radius 1 is 1.03 bits per heavy atom. The largest absolute Gasteiger partial charge is 0.493 e. The number of amides is 4. The van der Waals surface area contributed by atoms with Crippen molar-refractivity contribution in [3.63, 3.8) is 0 Å². The Bertz CT molecular complexity index is 1160. The third-order valence-corrected chi connectivity index (χ3v) is 7.38. The van der Waals surface area contributed by atoms with E-state index in [0.29, 0.717) is 3.57 Å². The van der Waals surface area contributed by atoms with Crippen LogP contribution in [-0.2, 0) is 28.7 Å². The topological polar surface area (TPSA) is 144 Å². The lowest BCUT2D eigenvalue weighted by atomic mass is 9.73. The minimum absolute atomic E-state index is 0.0995. The van der Waals surface area contributed by atoms with Crippen molar-refractivity contribution >= 4 is 86.8 Å². The molecule has 2 aliphatic heterocycles. The Labute approximate surface area is 236 Å². The van der Waals surface area contributed by atoms with Crippen LogP contribution in [0.15, 0.2) is 12.1 Å². The molecule has 2 unspecified atom stereocenters. The highest BCUT2D eigenvalue weighted by molar-refractivity contribution is 14.1. The van der Waals surface area contributed by atoms with E-state index in [4.69, 9.17) is 38.6 Å². The molecule has 2 heterocycles. The van der Waals surface area contributed by atoms with E-state index in [1.54, 1.807) is 13.0 Å². The van der Waals surface area contributed by atoms with Crippen molar-refractivity contribution in [2.75, 3.05) is 34.4 Å². The minimum atomic E-state index is -1.48. The molecule has 2 N–H and O–H groups in total. The third kappa shape index (κ3) is 5.67. The van der Waals surface area contributed by atoms with Crippen LogP contribution >= 0.6 is 47.0 Å². The molecule has 3 rings (SSSR count). The fourth-order valence-electron chi connectivity index (χ4n) is 3.99. The number of carbonyl (C=O) groups is 5. The first kappa shape index (κ1) is 28.6. The van der Waals surface area contributed by atoms with E-state index in [-0.39, 0.29) is 40.5 Å². The number of nitrogens with zero attached hydrogens (tertiary/aromatic N) is 2. The Morgan fingerprint density at radius 3 is 2.00 bits per heavy atom. The summed E-state index contributed by atoms with van der Waals surface area (Å²) in [7, 11) is 4.13. The van der Waals surface area contributed by atoms with E-state index in [1.165, 1.54) is 27.3 Å². The number of rotatable bonds is 8. The van der Waals surface area contributed by atoms with Crippen molar-refractivity contribution in [1.82, 2.24) is 20.4 Å². The van der Waals surface area contributed by atoms with Crippen LogP contribution in [0.25, 0.3) is 0 Å². The molecule has 1 aromatic rings. The van der Waals surface area contributed by atoms with Crippen molar-refractivity contribution in [1.29, 1.82) is 0 Å². The number of benzene rings is 1. The maximum absolute atomic E-state index is 13.3. The van der Waals surface area contributed by atoms with Gasteiger partial charge in [0.2, 0.25) is 23.6 Å². The summed E-state index contributed by atoms with van der Waals surface area (Å²) in [6.45, 7) is 1.46. The van der Waals surface area contributed by atoms with Gasteiger partial charge in [0, 0.05) is 20.0 Å². The van der Waals surface area contributed by atoms with Gasteiger partial charge >= 0.3 is 5.97 Å². The van der Waals surface area contributed by atoms with E-state index >= 15 is 0 Å². The zero-order valence-electron chi connectivity index (χ0n) is 20.2. The molecule has 12 nitrogen and oxygen atoms in total. The van der Waals surface area contributed by atoms with E-state index in [1.807, 2.05) is 22.6 Å². The lowest BCUT2D eigenvalue weighted by molar-refractivity contribution is -0.147. The smallest absolute Gasteiger partial charge is 0.344 e. The summed E-state index contributed by atoms with van der Waals surface area (Å²) in [4.78, 5) is 66.7. The molecule has 0 aromatic heterocycles. The van der Waals surface area contributed by atoms with Gasteiger partial charge in [0.05, 0.1) is 17.3 Å². The van der Waals surface area contributed by atoms with Crippen LogP contribution in [0.5, 0.6) is 11.5 Å². The summed E-state index contributed by atoms with van der Waals surface area (Å²) < 4.78 is 16.4. The van der Waals surface area contributed by atoms with Crippen LogP contribution < -0.4 is 20.1 Å². The number of methoxy groups -OCH3 is 1. The lowest BCUT2D eigenvalue weighted by Crippen LogP contribution is -2.62. The average Bonchev–Trinajstić information content (AvgIpc) is 2.84. The van der Waals surface area contributed by atoms with Gasteiger partial charge in [0.15, 0.2) is 28.3 Å². The summed E-state index contributed by atoms with van der Waals surface area (Å²) >= 11 is 12.0. The summed E-state index contributed by atoms with van der Waals surface area (Å²) in [6, 6.07) is 3.00. The normalized spacial score (nSPS) is 20.9. The van der Waals surface area contributed by atoms with Crippen molar-refractivity contribution in [2.45, 2.75) is 12.8 Å². The maximum Gasteiger partial charge on any atom is 0.344 e. The van der Waals surface area contributed by atoms with Gasteiger partial charge in [-0.2, -0.15) is 0 Å². The van der Waals surface area contributed by atoms with Crippen molar-refractivity contribution < 1.29 is 38.2 Å². The highest BCUT2D eigenvalue weighted by atomic mass is 127. The highest BCUT2D eigenvalue weighted by Gasteiger charge is 2.52. The second-order valence-corrected chi connectivity index (χ2v) is 9.93. The van der Waals surface area contributed by atoms with Gasteiger partial charge in [-0.3, -0.25) is 29.0 Å². The zero-order chi connectivity index (χ0) is 27.6. The number of ether oxygens (including phenoxy) is 3. The lowest BCUT2D eigenvalue weighted by Gasteiger charge is -2.39. The second-order valence-electron chi connectivity index (χ2n) is 7.99. The van der Waals surface area contributed by atoms with Crippen molar-refractivity contribution in [2.24, 2.45) is 11.8 Å². The first-order chi connectivity index (χ1) is 17.4. The molecule has 2 atom stereocenters. The second kappa shape index (κ2) is 11.6. The molecule has 0 radical (unpaired) electrons. The van der Waals surface area contributed by atoms with Gasteiger partial charge < -0.3 is 24.8 Å². The SMILES string of the molecule is CCOC(=O)COc1c(I)cc(C(C2C(=O)NC(=S)N(C)C2=O)C2C(=O)NC(=S)N(C)C2=O)cc1OC. The number of thiocarbonyl (C=S) groups is 2. The van der Waals surface area contributed by atoms with Gasteiger partial charge in [-0.25, -0.2) is 4.79 Å². The van der Waals surface area contributed by atoms with E-state index < -0.39 is 47.4 Å². The van der Waals surface area contributed by atoms with Crippen LogP contribution in [0.1, 0.15) is 18.4 Å². The quantitative estimate of drug-likeness (QED) is 0.173. The van der Waals surface area contributed by atoms with Gasteiger partial charge in [0.25, 0.3) is 0 Å². The van der Waals surface area contributed by atoms with E-state index in [0.717, 1.165) is 9.80 Å². The summed E-state index contributed by atoms with van der Waals surface area (Å²) in [5.41, 5.74) is 0.272. The summed E-state index contributed by atoms with van der Waals surface area (Å²) in [5.74, 6) is -7.36. The van der Waals surface area contributed by atoms with Gasteiger partial charge in [0.1, 0.15) is 11.8 Å². The van der Waals surface area contributed by atoms with Gasteiger partial charge in [-0.1, -0.05) is 0 Å². The number of esters is 1. The number of halogens is 1. The number of nitrogens with one attached hydrogen (secondary N) is 2. The molecule has 2 aliphatic rings. The Morgan fingerprint density at radius 2 is 1.54 bits per heavy atom. The first-order valence-corrected chi connectivity index (χ1v) is 12.7. The summed E-state index contributed by atoms with van der Waals surface area (Å²) in [6.07, 6.45) is 0. The van der Waals surface area contributed by atoms with Crippen molar-refractivity contribution in [3.05, 3.63) is 21.3 Å². The molecule has 15 heteroatoms. The fourth-order valence-corrected chi connectivity index (χ4v) is 5.15. The molecule has 2 saturated heterocycles. The Hall–Kier alpha value is -2.92. The number of carbonyl (C=O) groups excluding carboxylic acids is 5. The van der Waals surface area contributed by atoms with Gasteiger partial charge in [-0.15, -0.1) is 0 Å². The maximum atomic E-state index is 13.3. The Kier molecular flexibility index (Phi) is 9.01. The van der Waals surface area contributed by atoms with Crippen LogP contribution in [-0.4, -0.2) is 84.0 Å². The van der Waals surface area contributed by atoms with Crippen molar-refractivity contribution in [3.8, 4) is 11.5 Å². The van der Waals surface area contributed by atoms with Crippen LogP contribution in [0, 0.1) is 15.4 Å². The molecule has 0 bridgehead atoms. The molecule has 1 aromatic carbocycles. The molecule has 0 saturated carbocycles. The molecular weight excluding hydrogens is 639 g/mol. The highest BCUT2D eigenvalue weighted by Crippen LogP contribution is 2.43. The molecular formula is C22H23IN4O8S2. The minimum Gasteiger partial charge on any atom is -0.493 e. The average molecular weight is 662 g/mol. The molecule has 0 aliphatic carbocycles. The van der Waals surface area contributed by atoms with E-state index in [2.05, 4.69) is 10.6 Å². The molecule has 198 valence electrons. The molecule has 0 spiro atoms. The van der Waals surface area contributed by atoms with Crippen LogP contribution in [0.3, 0.4) is 0 Å². The monoisotopic (exact) mass is 662 g/mol.